The number of aliphatic hydroxyl groups is 1. The first-order valence-electron chi connectivity index (χ1n) is 9.49. The molecule has 0 spiro atoms. The van der Waals surface area contributed by atoms with E-state index >= 15 is 0 Å². The minimum absolute atomic E-state index is 0.00199. The van der Waals surface area contributed by atoms with Gasteiger partial charge in [0, 0.05) is 24.5 Å². The molecule has 158 valence electrons. The van der Waals surface area contributed by atoms with E-state index in [1.165, 1.54) is 12.0 Å². The quantitative estimate of drug-likeness (QED) is 0.373. The van der Waals surface area contributed by atoms with E-state index < -0.39 is 17.7 Å². The highest BCUT2D eigenvalue weighted by Crippen LogP contribution is 2.40. The first kappa shape index (κ1) is 22.0. The number of halogens is 1. The molecule has 3 rings (SSSR count). The van der Waals surface area contributed by atoms with E-state index in [0.717, 1.165) is 0 Å². The third kappa shape index (κ3) is 4.39. The molecule has 30 heavy (non-hydrogen) atoms. The van der Waals surface area contributed by atoms with Crippen molar-refractivity contribution in [1.82, 2.24) is 9.88 Å². The predicted molar refractivity (Wildman–Crippen MR) is 115 cm³/mol. The van der Waals surface area contributed by atoms with Gasteiger partial charge in [0.15, 0.2) is 0 Å². The largest absolute Gasteiger partial charge is 0.507 e. The predicted octanol–water partition coefficient (Wildman–Crippen LogP) is 3.70. The first-order valence-corrected chi connectivity index (χ1v) is 10.3. The number of carbonyl (C=O) groups is 2. The van der Waals surface area contributed by atoms with Crippen molar-refractivity contribution in [3.63, 3.8) is 0 Å². The standard InChI is InChI=1S/C22H23BrN2O5/c1-13(2)30-11-10-25-19(14-6-8-24-9-7-14)18(21(27)22(25)28)20(26)15-4-5-17(29-3)16(23)12-15/h4-9,12-13,19,26H,10-11H2,1-3H3/b20-18-. The van der Waals surface area contributed by atoms with Crippen molar-refractivity contribution in [3.8, 4) is 5.75 Å². The van der Waals surface area contributed by atoms with Crippen LogP contribution in [-0.2, 0) is 14.3 Å². The van der Waals surface area contributed by atoms with Crippen LogP contribution in [0.1, 0.15) is 31.0 Å². The highest BCUT2D eigenvalue weighted by atomic mass is 79.9. The van der Waals surface area contributed by atoms with Gasteiger partial charge in [-0.1, -0.05) is 0 Å². The Kier molecular flexibility index (Phi) is 6.89. The molecule has 0 radical (unpaired) electrons. The Hall–Kier alpha value is -2.71. The monoisotopic (exact) mass is 474 g/mol. The summed E-state index contributed by atoms with van der Waals surface area (Å²) >= 11 is 3.39. The van der Waals surface area contributed by atoms with E-state index in [1.807, 2.05) is 13.8 Å². The number of nitrogens with zero attached hydrogens (tertiary/aromatic N) is 2. The molecule has 7 nitrogen and oxygen atoms in total. The van der Waals surface area contributed by atoms with Crippen LogP contribution in [0, 0.1) is 0 Å². The molecule has 1 N–H and O–H groups in total. The van der Waals surface area contributed by atoms with Crippen LogP contribution in [0.3, 0.4) is 0 Å². The number of pyridine rings is 1. The fourth-order valence-electron chi connectivity index (χ4n) is 3.36. The van der Waals surface area contributed by atoms with Crippen molar-refractivity contribution in [3.05, 3.63) is 63.9 Å². The third-order valence-corrected chi connectivity index (χ3v) is 5.39. The molecule has 8 heteroatoms. The number of amides is 1. The average Bonchev–Trinajstić information content (AvgIpc) is 2.98. The van der Waals surface area contributed by atoms with Gasteiger partial charge in [-0.3, -0.25) is 14.6 Å². The second-order valence-corrected chi connectivity index (χ2v) is 7.90. The van der Waals surface area contributed by atoms with E-state index in [-0.39, 0.29) is 30.6 Å². The highest BCUT2D eigenvalue weighted by Gasteiger charge is 2.45. The molecule has 1 atom stereocenters. The second-order valence-electron chi connectivity index (χ2n) is 7.04. The van der Waals surface area contributed by atoms with Crippen LogP contribution in [0.4, 0.5) is 0 Å². The fourth-order valence-corrected chi connectivity index (χ4v) is 3.90. The normalized spacial score (nSPS) is 18.3. The van der Waals surface area contributed by atoms with Gasteiger partial charge in [-0.25, -0.2) is 0 Å². The van der Waals surface area contributed by atoms with Crippen LogP contribution in [-0.4, -0.2) is 53.0 Å². The van der Waals surface area contributed by atoms with E-state index in [4.69, 9.17) is 9.47 Å². The molecule has 1 aromatic heterocycles. The summed E-state index contributed by atoms with van der Waals surface area (Å²) in [5.74, 6) is -1.06. The number of Topliss-reactive ketones (excluding diaryl/α,β-unsaturated/α-hetero) is 1. The number of likely N-dealkylation sites (tertiary alicyclic amines) is 1. The molecule has 1 fully saturated rings. The lowest BCUT2D eigenvalue weighted by atomic mass is 9.96. The zero-order valence-corrected chi connectivity index (χ0v) is 18.5. The number of methoxy groups -OCH3 is 1. The smallest absolute Gasteiger partial charge is 0.295 e. The summed E-state index contributed by atoms with van der Waals surface area (Å²) < 4.78 is 11.4. The average molecular weight is 475 g/mol. The molecule has 1 saturated heterocycles. The number of aliphatic hydroxyl groups excluding tert-OH is 1. The molecular formula is C22H23BrN2O5. The van der Waals surface area contributed by atoms with Gasteiger partial charge in [-0.05, 0) is 65.7 Å². The molecule has 0 aliphatic carbocycles. The van der Waals surface area contributed by atoms with Gasteiger partial charge in [0.2, 0.25) is 0 Å². The molecule has 1 amide bonds. The van der Waals surface area contributed by atoms with E-state index in [1.54, 1.807) is 42.7 Å². The number of benzene rings is 1. The van der Waals surface area contributed by atoms with Gasteiger partial charge in [0.1, 0.15) is 11.5 Å². The minimum Gasteiger partial charge on any atom is -0.507 e. The molecular weight excluding hydrogens is 452 g/mol. The Morgan fingerprint density at radius 3 is 2.53 bits per heavy atom. The molecule has 1 aliphatic rings. The Labute approximate surface area is 183 Å². The summed E-state index contributed by atoms with van der Waals surface area (Å²) in [6, 6.07) is 7.68. The van der Waals surface area contributed by atoms with Crippen LogP contribution < -0.4 is 4.74 Å². The van der Waals surface area contributed by atoms with E-state index in [0.29, 0.717) is 21.3 Å². The van der Waals surface area contributed by atoms with E-state index in [2.05, 4.69) is 20.9 Å². The van der Waals surface area contributed by atoms with Crippen LogP contribution in [0.15, 0.2) is 52.8 Å². The number of aromatic nitrogens is 1. The summed E-state index contributed by atoms with van der Waals surface area (Å²) in [5, 5.41) is 11.0. The van der Waals surface area contributed by atoms with Crippen molar-refractivity contribution in [2.75, 3.05) is 20.3 Å². The van der Waals surface area contributed by atoms with Gasteiger partial charge in [-0.15, -0.1) is 0 Å². The van der Waals surface area contributed by atoms with Crippen molar-refractivity contribution in [2.24, 2.45) is 0 Å². The molecule has 1 unspecified atom stereocenters. The molecule has 0 saturated carbocycles. The van der Waals surface area contributed by atoms with Gasteiger partial charge in [0.05, 0.1) is 35.9 Å². The third-order valence-electron chi connectivity index (χ3n) is 4.77. The zero-order valence-electron chi connectivity index (χ0n) is 17.0. The lowest BCUT2D eigenvalue weighted by Gasteiger charge is -2.25. The number of rotatable bonds is 7. The second kappa shape index (κ2) is 9.40. The molecule has 0 bridgehead atoms. The maximum absolute atomic E-state index is 12.9. The van der Waals surface area contributed by atoms with Gasteiger partial charge >= 0.3 is 0 Å². The SMILES string of the molecule is COc1ccc(/C(O)=C2/C(=O)C(=O)N(CCOC(C)C)C2c2ccncc2)cc1Br. The topological polar surface area (TPSA) is 89.0 Å². The Bertz CT molecular complexity index is 975. The Morgan fingerprint density at radius 1 is 1.23 bits per heavy atom. The number of ketones is 1. The van der Waals surface area contributed by atoms with Crippen molar-refractivity contribution >= 4 is 33.4 Å². The Morgan fingerprint density at radius 2 is 1.93 bits per heavy atom. The van der Waals surface area contributed by atoms with Crippen LogP contribution >= 0.6 is 15.9 Å². The van der Waals surface area contributed by atoms with Crippen LogP contribution in [0.25, 0.3) is 5.76 Å². The molecule has 2 aromatic rings. The minimum atomic E-state index is -0.732. The van der Waals surface area contributed by atoms with E-state index in [9.17, 15) is 14.7 Å². The van der Waals surface area contributed by atoms with Crippen molar-refractivity contribution < 1.29 is 24.2 Å². The lowest BCUT2D eigenvalue weighted by Crippen LogP contribution is -2.33. The Balaban J connectivity index is 2.08. The zero-order chi connectivity index (χ0) is 21.8. The summed E-state index contributed by atoms with van der Waals surface area (Å²) in [6.45, 7) is 4.30. The first-order chi connectivity index (χ1) is 14.3. The summed E-state index contributed by atoms with van der Waals surface area (Å²) in [5.41, 5.74) is 1.12. The summed E-state index contributed by atoms with van der Waals surface area (Å²) in [4.78, 5) is 31.2. The molecule has 2 heterocycles. The van der Waals surface area contributed by atoms with Crippen LogP contribution in [0.2, 0.25) is 0 Å². The number of hydrogen-bond donors (Lipinski definition) is 1. The van der Waals surface area contributed by atoms with Gasteiger partial charge in [0.25, 0.3) is 11.7 Å². The number of ether oxygens (including phenoxy) is 2. The van der Waals surface area contributed by atoms with Crippen molar-refractivity contribution in [2.45, 2.75) is 26.0 Å². The highest BCUT2D eigenvalue weighted by molar-refractivity contribution is 9.10. The summed E-state index contributed by atoms with van der Waals surface area (Å²) in [7, 11) is 1.54. The molecule has 1 aliphatic heterocycles. The molecule has 1 aromatic carbocycles. The lowest BCUT2D eigenvalue weighted by molar-refractivity contribution is -0.140. The fraction of sp³-hybridized carbons (Fsp3) is 0.318. The maximum atomic E-state index is 12.9. The van der Waals surface area contributed by atoms with Crippen molar-refractivity contribution in [1.29, 1.82) is 0 Å². The summed E-state index contributed by atoms with van der Waals surface area (Å²) in [6.07, 6.45) is 3.17. The number of hydrogen-bond acceptors (Lipinski definition) is 6. The maximum Gasteiger partial charge on any atom is 0.295 e. The van der Waals surface area contributed by atoms with Crippen LogP contribution in [0.5, 0.6) is 5.75 Å². The van der Waals surface area contributed by atoms with Gasteiger partial charge in [-0.2, -0.15) is 0 Å². The number of carbonyl (C=O) groups excluding carboxylic acids is 2. The van der Waals surface area contributed by atoms with Gasteiger partial charge < -0.3 is 19.5 Å².